The highest BCUT2D eigenvalue weighted by Gasteiger charge is 2.14. The molecule has 28 heavy (non-hydrogen) atoms. The van der Waals surface area contributed by atoms with Crippen molar-refractivity contribution in [3.8, 4) is 0 Å². The molecule has 0 aliphatic rings. The molecule has 0 spiro atoms. The van der Waals surface area contributed by atoms with Gasteiger partial charge in [0.2, 0.25) is 0 Å². The zero-order chi connectivity index (χ0) is 20.7. The van der Waals surface area contributed by atoms with Gasteiger partial charge < -0.3 is 10.1 Å². The van der Waals surface area contributed by atoms with Gasteiger partial charge in [-0.25, -0.2) is 13.2 Å². The van der Waals surface area contributed by atoms with Crippen LogP contribution >= 0.6 is 0 Å². The summed E-state index contributed by atoms with van der Waals surface area (Å²) in [7, 11) is -3.14. The van der Waals surface area contributed by atoms with Crippen LogP contribution < -0.4 is 5.32 Å². The minimum absolute atomic E-state index is 0.0954. The molecule has 0 heterocycles. The number of esters is 1. The zero-order valence-electron chi connectivity index (χ0n) is 16.3. The molecular weight excluding hydrogens is 378 g/mol. The number of amides is 1. The third-order valence-electron chi connectivity index (χ3n) is 4.22. The Bertz CT molecular complexity index is 918. The second kappa shape index (κ2) is 9.50. The summed E-state index contributed by atoms with van der Waals surface area (Å²) in [6.45, 7) is 3.55. The fraction of sp³-hybridized carbons (Fsp3) is 0.333. The van der Waals surface area contributed by atoms with E-state index in [1.165, 1.54) is 17.7 Å². The Morgan fingerprint density at radius 3 is 2.11 bits per heavy atom. The first-order chi connectivity index (χ1) is 13.2. The van der Waals surface area contributed by atoms with Gasteiger partial charge in [0.1, 0.15) is 0 Å². The summed E-state index contributed by atoms with van der Waals surface area (Å²) in [5, 5.41) is 2.79. The van der Waals surface area contributed by atoms with E-state index in [-0.39, 0.29) is 24.0 Å². The topological polar surface area (TPSA) is 89.5 Å². The number of carbonyl (C=O) groups excluding carboxylic acids is 2. The lowest BCUT2D eigenvalue weighted by atomic mass is 10.1. The Balaban J connectivity index is 1.85. The van der Waals surface area contributed by atoms with Crippen molar-refractivity contribution in [2.45, 2.75) is 32.1 Å². The van der Waals surface area contributed by atoms with Crippen LogP contribution in [-0.2, 0) is 31.5 Å². The van der Waals surface area contributed by atoms with Gasteiger partial charge in [-0.05, 0) is 42.2 Å². The Morgan fingerprint density at radius 2 is 1.57 bits per heavy atom. The molecule has 1 amide bonds. The molecule has 7 heteroatoms. The van der Waals surface area contributed by atoms with Gasteiger partial charge in [-0.3, -0.25) is 4.79 Å². The summed E-state index contributed by atoms with van der Waals surface area (Å²) >= 11 is 0. The van der Waals surface area contributed by atoms with Crippen LogP contribution in [0.25, 0.3) is 0 Å². The third-order valence-corrected chi connectivity index (χ3v) is 5.08. The van der Waals surface area contributed by atoms with E-state index in [1.807, 2.05) is 31.2 Å². The zero-order valence-corrected chi connectivity index (χ0v) is 17.1. The molecular formula is C21H25NO5S. The van der Waals surface area contributed by atoms with Crippen molar-refractivity contribution >= 4 is 21.7 Å². The summed E-state index contributed by atoms with van der Waals surface area (Å²) in [6.07, 6.45) is 2.10. The van der Waals surface area contributed by atoms with Gasteiger partial charge >= 0.3 is 5.97 Å². The quantitative estimate of drug-likeness (QED) is 0.685. The normalized spacial score (nSPS) is 12.2. The number of rotatable bonds is 8. The summed E-state index contributed by atoms with van der Waals surface area (Å²) < 4.78 is 27.6. The lowest BCUT2D eigenvalue weighted by Crippen LogP contribution is -2.31. The molecule has 0 saturated heterocycles. The van der Waals surface area contributed by atoms with E-state index in [0.29, 0.717) is 5.56 Å². The van der Waals surface area contributed by atoms with Gasteiger partial charge in [0, 0.05) is 6.26 Å². The molecule has 0 unspecified atom stereocenters. The van der Waals surface area contributed by atoms with Crippen LogP contribution in [0.1, 0.15) is 46.9 Å². The van der Waals surface area contributed by atoms with E-state index in [2.05, 4.69) is 12.2 Å². The molecule has 0 fully saturated rings. The highest BCUT2D eigenvalue weighted by Crippen LogP contribution is 2.14. The van der Waals surface area contributed by atoms with Gasteiger partial charge in [-0.1, -0.05) is 43.3 Å². The summed E-state index contributed by atoms with van der Waals surface area (Å²) in [5.74, 6) is -1.13. The lowest BCUT2D eigenvalue weighted by Gasteiger charge is -2.15. The van der Waals surface area contributed by atoms with Gasteiger partial charge in [0.05, 0.1) is 17.4 Å². The predicted octanol–water partition coefficient (Wildman–Crippen LogP) is 2.83. The van der Waals surface area contributed by atoms with Gasteiger partial charge in [0.25, 0.3) is 5.91 Å². The van der Waals surface area contributed by atoms with Gasteiger partial charge in [0.15, 0.2) is 16.4 Å². The molecule has 0 bridgehead atoms. The first kappa shape index (κ1) is 21.6. The summed E-state index contributed by atoms with van der Waals surface area (Å²) in [4.78, 5) is 24.1. The molecule has 2 aromatic rings. The van der Waals surface area contributed by atoms with E-state index in [0.717, 1.165) is 18.2 Å². The van der Waals surface area contributed by atoms with Gasteiger partial charge in [-0.15, -0.1) is 0 Å². The summed E-state index contributed by atoms with van der Waals surface area (Å²) in [6, 6.07) is 13.8. The average Bonchev–Trinajstić information content (AvgIpc) is 2.65. The van der Waals surface area contributed by atoms with Crippen LogP contribution in [-0.4, -0.2) is 33.2 Å². The molecule has 1 N–H and O–H groups in total. The largest absolute Gasteiger partial charge is 0.452 e. The van der Waals surface area contributed by atoms with Crippen molar-refractivity contribution < 1.29 is 22.7 Å². The van der Waals surface area contributed by atoms with Crippen molar-refractivity contribution in [2.75, 3.05) is 12.9 Å². The van der Waals surface area contributed by atoms with Crippen LogP contribution in [0.3, 0.4) is 0 Å². The molecule has 0 aromatic heterocycles. The minimum atomic E-state index is -3.14. The molecule has 0 radical (unpaired) electrons. The Hall–Kier alpha value is -2.67. The second-order valence-corrected chi connectivity index (χ2v) is 8.87. The molecule has 2 rings (SSSR count). The first-order valence-corrected chi connectivity index (χ1v) is 11.1. The van der Waals surface area contributed by atoms with Crippen LogP contribution in [0, 0.1) is 0 Å². The van der Waals surface area contributed by atoms with Crippen LogP contribution in [0.2, 0.25) is 0 Å². The van der Waals surface area contributed by atoms with Crippen molar-refractivity contribution in [2.24, 2.45) is 0 Å². The fourth-order valence-corrected chi connectivity index (χ4v) is 3.46. The smallest absolute Gasteiger partial charge is 0.338 e. The molecule has 0 aliphatic heterocycles. The van der Waals surface area contributed by atoms with Crippen LogP contribution in [0.4, 0.5) is 0 Å². The van der Waals surface area contributed by atoms with Gasteiger partial charge in [-0.2, -0.15) is 0 Å². The predicted molar refractivity (Wildman–Crippen MR) is 108 cm³/mol. The van der Waals surface area contributed by atoms with E-state index >= 15 is 0 Å². The maximum Gasteiger partial charge on any atom is 0.338 e. The molecule has 0 saturated carbocycles. The number of sulfone groups is 1. The number of hydrogen-bond acceptors (Lipinski definition) is 5. The standard InChI is InChI=1S/C21H25NO5S/c1-4-16-5-9-18(10-6-16)15(2)22-20(23)13-27-21(24)19-11-7-17(8-12-19)14-28(3,25)26/h5-12,15H,4,13-14H2,1-3H3,(H,22,23)/t15-/m0/s1. The van der Waals surface area contributed by atoms with Crippen molar-refractivity contribution in [3.05, 3.63) is 70.8 Å². The first-order valence-electron chi connectivity index (χ1n) is 9.00. The molecule has 0 aliphatic carbocycles. The van der Waals surface area contributed by atoms with E-state index in [9.17, 15) is 18.0 Å². The van der Waals surface area contributed by atoms with Crippen LogP contribution in [0.15, 0.2) is 48.5 Å². The Morgan fingerprint density at radius 1 is 1.00 bits per heavy atom. The number of ether oxygens (including phenoxy) is 1. The number of hydrogen-bond donors (Lipinski definition) is 1. The van der Waals surface area contributed by atoms with Crippen molar-refractivity contribution in [3.63, 3.8) is 0 Å². The SMILES string of the molecule is CCc1ccc([C@H](C)NC(=O)COC(=O)c2ccc(CS(C)(=O)=O)cc2)cc1. The molecule has 150 valence electrons. The minimum Gasteiger partial charge on any atom is -0.452 e. The van der Waals surface area contributed by atoms with Crippen LogP contribution in [0.5, 0.6) is 0 Å². The number of aryl methyl sites for hydroxylation is 1. The van der Waals surface area contributed by atoms with E-state index in [4.69, 9.17) is 4.74 Å². The van der Waals surface area contributed by atoms with E-state index < -0.39 is 21.7 Å². The number of benzene rings is 2. The number of carbonyl (C=O) groups is 2. The Kier molecular flexibility index (Phi) is 7.34. The van der Waals surface area contributed by atoms with Crippen molar-refractivity contribution in [1.29, 1.82) is 0 Å². The maximum atomic E-state index is 12.1. The monoisotopic (exact) mass is 403 g/mol. The average molecular weight is 404 g/mol. The Labute approximate surface area is 165 Å². The highest BCUT2D eigenvalue weighted by molar-refractivity contribution is 7.89. The van der Waals surface area contributed by atoms with E-state index in [1.54, 1.807) is 12.1 Å². The molecule has 6 nitrogen and oxygen atoms in total. The maximum absolute atomic E-state index is 12.1. The lowest BCUT2D eigenvalue weighted by molar-refractivity contribution is -0.124. The fourth-order valence-electron chi connectivity index (χ4n) is 2.66. The summed E-state index contributed by atoms with van der Waals surface area (Å²) in [5.41, 5.74) is 3.03. The van der Waals surface area contributed by atoms with Crippen molar-refractivity contribution in [1.82, 2.24) is 5.32 Å². The highest BCUT2D eigenvalue weighted by atomic mass is 32.2. The number of nitrogens with one attached hydrogen (secondary N) is 1. The third kappa shape index (κ3) is 6.81. The second-order valence-electron chi connectivity index (χ2n) is 6.73. The molecule has 2 aromatic carbocycles. The molecule has 1 atom stereocenters.